The van der Waals surface area contributed by atoms with Crippen molar-refractivity contribution < 1.29 is 57.3 Å². The summed E-state index contributed by atoms with van der Waals surface area (Å²) in [5.41, 5.74) is 8.65. The van der Waals surface area contributed by atoms with Crippen molar-refractivity contribution in [2.75, 3.05) is 40.8 Å². The zero-order chi connectivity index (χ0) is 47.6. The number of aryl methyl sites for hydroxylation is 1. The SMILES string of the molecule is CN1CC[C@]23c4c5ccc(O)c4O[C@H]2[C@@H](O)C=C[C@H]3C1C5.CN1CC[C@]23c4c5ccc(O)c4O[C@H]2[C@@H](O)C=C[C@H]3C1C5.Cc1ccc2c3c1O[C@H]1[C@@H](O)C=C[C@H]4C(C2)N(C)CC[C@@]341.O=S(=O)(O)O. The third-order valence-electron chi connectivity index (χ3n) is 18.7. The van der Waals surface area contributed by atoms with Crippen LogP contribution in [-0.2, 0) is 45.9 Å². The molecule has 3 fully saturated rings. The maximum Gasteiger partial charge on any atom is 0.394 e. The number of ether oxygens (including phenoxy) is 3. The minimum atomic E-state index is -4.67. The molecule has 0 radical (unpaired) electrons. The van der Waals surface area contributed by atoms with E-state index in [1.54, 1.807) is 12.1 Å². The van der Waals surface area contributed by atoms with E-state index in [1.807, 2.05) is 30.4 Å². The molecule has 0 aromatic heterocycles. The monoisotopic (exact) mass is 951 g/mol. The van der Waals surface area contributed by atoms with Crippen LogP contribution in [0.3, 0.4) is 0 Å². The molecular formula is C52H61N3O12S. The Kier molecular flexibility index (Phi) is 10.0. The number of aliphatic hydroxyl groups is 3. The van der Waals surface area contributed by atoms with Gasteiger partial charge in [0.2, 0.25) is 0 Å². The lowest BCUT2D eigenvalue weighted by Gasteiger charge is -2.56. The van der Waals surface area contributed by atoms with Crippen LogP contribution in [0, 0.1) is 24.7 Å². The van der Waals surface area contributed by atoms with Gasteiger partial charge in [0.05, 0.1) is 0 Å². The van der Waals surface area contributed by atoms with Crippen LogP contribution in [0.1, 0.15) is 58.2 Å². The highest BCUT2D eigenvalue weighted by Crippen LogP contribution is 2.65. The first-order valence-electron chi connectivity index (χ1n) is 24.1. The molecule has 6 bridgehead atoms. The second kappa shape index (κ2) is 15.3. The van der Waals surface area contributed by atoms with E-state index in [-0.39, 0.29) is 46.1 Å². The van der Waals surface area contributed by atoms with Gasteiger partial charge in [-0.05, 0) is 121 Å². The Balaban J connectivity index is 0.000000101. The number of aliphatic hydroxyl groups excluding tert-OH is 3. The molecule has 0 amide bonds. The van der Waals surface area contributed by atoms with Gasteiger partial charge in [0, 0.05) is 68.8 Å². The fraction of sp³-hybridized carbons (Fsp3) is 0.538. The van der Waals surface area contributed by atoms with Gasteiger partial charge in [0.25, 0.3) is 0 Å². The summed E-state index contributed by atoms with van der Waals surface area (Å²) in [5, 5.41) is 51.8. The Morgan fingerprint density at radius 3 is 1.18 bits per heavy atom. The first-order valence-corrected chi connectivity index (χ1v) is 25.5. The number of likely N-dealkylation sites (tertiary alicyclic amines) is 3. The van der Waals surface area contributed by atoms with Gasteiger partial charge in [0.1, 0.15) is 42.4 Å². The second-order valence-electron chi connectivity index (χ2n) is 21.5. The van der Waals surface area contributed by atoms with Crippen LogP contribution >= 0.6 is 0 Å². The second-order valence-corrected chi connectivity index (χ2v) is 22.4. The number of phenols is 2. The van der Waals surface area contributed by atoms with Gasteiger partial charge in [-0.3, -0.25) is 9.11 Å². The highest BCUT2D eigenvalue weighted by atomic mass is 32.3. The maximum absolute atomic E-state index is 10.5. The van der Waals surface area contributed by atoms with Crippen molar-refractivity contribution in [3.63, 3.8) is 0 Å². The quantitative estimate of drug-likeness (QED) is 0.127. The van der Waals surface area contributed by atoms with Crippen LogP contribution in [0.25, 0.3) is 0 Å². The molecule has 7 N–H and O–H groups in total. The molecule has 6 aliphatic carbocycles. The molecule has 6 heterocycles. The summed E-state index contributed by atoms with van der Waals surface area (Å²) in [6, 6.07) is 13.5. The summed E-state index contributed by atoms with van der Waals surface area (Å²) in [6.45, 7) is 5.24. The van der Waals surface area contributed by atoms with E-state index in [9.17, 15) is 25.5 Å². The number of piperidine rings is 3. The first-order chi connectivity index (χ1) is 32.4. The molecule has 362 valence electrons. The lowest BCUT2D eigenvalue weighted by Crippen LogP contribution is -2.64. The van der Waals surface area contributed by atoms with Crippen LogP contribution < -0.4 is 14.2 Å². The summed E-state index contributed by atoms with van der Waals surface area (Å²) >= 11 is 0. The van der Waals surface area contributed by atoms with Gasteiger partial charge < -0.3 is 54.4 Å². The zero-order valence-corrected chi connectivity index (χ0v) is 39.5. The molecule has 12 aliphatic rings. The summed E-state index contributed by atoms with van der Waals surface area (Å²) in [5.74, 6) is 3.91. The van der Waals surface area contributed by atoms with E-state index < -0.39 is 28.7 Å². The van der Waals surface area contributed by atoms with Crippen LogP contribution in [0.2, 0.25) is 0 Å². The van der Waals surface area contributed by atoms with E-state index in [4.69, 9.17) is 31.7 Å². The van der Waals surface area contributed by atoms with Crippen molar-refractivity contribution in [2.24, 2.45) is 17.8 Å². The Labute approximate surface area is 396 Å². The molecule has 15 atom stereocenters. The molecule has 3 aromatic rings. The number of aromatic hydroxyl groups is 2. The maximum atomic E-state index is 10.5. The van der Waals surface area contributed by atoms with E-state index in [1.165, 1.54) is 38.9 Å². The zero-order valence-electron chi connectivity index (χ0n) is 38.6. The molecule has 0 saturated carbocycles. The average Bonchev–Trinajstić information content (AvgIpc) is 3.97. The first kappa shape index (κ1) is 44.7. The van der Waals surface area contributed by atoms with Crippen molar-refractivity contribution in [3.05, 3.63) is 112 Å². The van der Waals surface area contributed by atoms with E-state index in [0.29, 0.717) is 47.4 Å². The van der Waals surface area contributed by atoms with E-state index in [2.05, 4.69) is 73.1 Å². The number of rotatable bonds is 0. The minimum Gasteiger partial charge on any atom is -0.504 e. The van der Waals surface area contributed by atoms with Crippen molar-refractivity contribution in [1.82, 2.24) is 14.7 Å². The number of hydrogen-bond donors (Lipinski definition) is 7. The highest BCUT2D eigenvalue weighted by Gasteiger charge is 2.67. The van der Waals surface area contributed by atoms with Gasteiger partial charge in [-0.1, -0.05) is 60.7 Å². The molecule has 68 heavy (non-hydrogen) atoms. The summed E-state index contributed by atoms with van der Waals surface area (Å²) in [7, 11) is 1.95. The molecular weight excluding hydrogens is 891 g/mol. The Hall–Kier alpha value is -4.49. The number of nitrogens with zero attached hydrogens (tertiary/aromatic N) is 3. The van der Waals surface area contributed by atoms with Crippen LogP contribution in [-0.4, -0.2) is 153 Å². The number of likely N-dealkylation sites (N-methyl/N-ethyl adjacent to an activating group) is 3. The van der Waals surface area contributed by atoms with Crippen LogP contribution in [0.15, 0.2) is 72.9 Å². The largest absolute Gasteiger partial charge is 0.504 e. The number of hydrogen-bond acceptors (Lipinski definition) is 13. The van der Waals surface area contributed by atoms with Gasteiger partial charge in [-0.15, -0.1) is 0 Å². The lowest BCUT2D eigenvalue weighted by molar-refractivity contribution is -0.0453. The van der Waals surface area contributed by atoms with Crippen LogP contribution in [0.5, 0.6) is 28.7 Å². The fourth-order valence-corrected chi connectivity index (χ4v) is 15.9. The molecule has 16 heteroatoms. The average molecular weight is 952 g/mol. The lowest BCUT2D eigenvalue weighted by atomic mass is 9.53. The van der Waals surface area contributed by atoms with Gasteiger partial charge in [0.15, 0.2) is 23.0 Å². The predicted octanol–water partition coefficient (Wildman–Crippen LogP) is 3.54. The third-order valence-corrected chi connectivity index (χ3v) is 18.7. The Morgan fingerprint density at radius 2 is 0.824 bits per heavy atom. The normalized spacial score (nSPS) is 40.3. The summed E-state index contributed by atoms with van der Waals surface area (Å²) in [6.07, 6.45) is 16.2. The molecule has 15 nitrogen and oxygen atoms in total. The molecule has 3 saturated heterocycles. The third kappa shape index (κ3) is 6.01. The molecule has 15 rings (SSSR count). The van der Waals surface area contributed by atoms with E-state index >= 15 is 0 Å². The van der Waals surface area contributed by atoms with Gasteiger partial charge >= 0.3 is 10.4 Å². The van der Waals surface area contributed by atoms with Crippen molar-refractivity contribution in [1.29, 1.82) is 0 Å². The van der Waals surface area contributed by atoms with Gasteiger partial charge in [-0.2, -0.15) is 8.42 Å². The molecule has 3 spiro atoms. The fourth-order valence-electron chi connectivity index (χ4n) is 15.9. The smallest absolute Gasteiger partial charge is 0.394 e. The van der Waals surface area contributed by atoms with Crippen molar-refractivity contribution in [2.45, 2.75) is 116 Å². The standard InChI is InChI=1S/C18H21NO2.2C17H19NO3.H2O4S/c1-10-3-4-11-9-13-12-5-6-14(20)17-18(12,7-8-19(13)2)15(11)16(10)21-17;2*1-18-7-6-17-10-3-5-13(20)16(17)21-15-12(19)4-2-9(14(15)17)8-11(10)18;1-5(2,3)4/h3-6,12-14,17,20H,7-9H2,1-2H3;2*2-5,10-11,13,16,19-20H,6-8H2,1H3;(H2,1,2,3,4)/t12-,13?,14-,17-,18-;2*10-,11?,13-,16-,17-;/m000./s1. The molecule has 3 unspecified atom stereocenters. The molecule has 3 aromatic carbocycles. The number of benzene rings is 3. The van der Waals surface area contributed by atoms with Crippen molar-refractivity contribution in [3.8, 4) is 28.7 Å². The predicted molar refractivity (Wildman–Crippen MR) is 250 cm³/mol. The Morgan fingerprint density at radius 1 is 0.515 bits per heavy atom. The number of phenolic OH excluding ortho intramolecular Hbond substituents is 2. The van der Waals surface area contributed by atoms with Gasteiger partial charge in [-0.25, -0.2) is 0 Å². The highest BCUT2D eigenvalue weighted by molar-refractivity contribution is 7.79. The minimum absolute atomic E-state index is 0.000278. The summed E-state index contributed by atoms with van der Waals surface area (Å²) < 4.78 is 50.1. The summed E-state index contributed by atoms with van der Waals surface area (Å²) in [4.78, 5) is 7.36. The molecule has 6 aliphatic heterocycles. The van der Waals surface area contributed by atoms with Crippen LogP contribution in [0.4, 0.5) is 0 Å². The van der Waals surface area contributed by atoms with Crippen molar-refractivity contribution >= 4 is 10.4 Å². The topological polar surface area (TPSA) is 213 Å². The van der Waals surface area contributed by atoms with E-state index in [0.717, 1.165) is 63.9 Å². The Bertz CT molecular complexity index is 2540.